The number of nitrogen functional groups attached to an aromatic ring is 1. The number of phosphoric acid groups is 2. The van der Waals surface area contributed by atoms with E-state index >= 15 is 0 Å². The Bertz CT molecular complexity index is 1860. The number of rotatable bonds is 40. The summed E-state index contributed by atoms with van der Waals surface area (Å²) >= 11 is 0. The first-order chi connectivity index (χ1) is 33.1. The van der Waals surface area contributed by atoms with Crippen LogP contribution in [0, 0.1) is 0 Å². The number of unbranched alkanes of at least 4 members (excludes halogenated alkanes) is 16. The highest BCUT2D eigenvalue weighted by molar-refractivity contribution is 7.61. The Morgan fingerprint density at radius 3 is 2.03 bits per heavy atom. The molecule has 2 rings (SSSR count). The Balaban J connectivity index is 1.85. The van der Waals surface area contributed by atoms with Gasteiger partial charge < -0.3 is 45.1 Å². The Morgan fingerprint density at radius 1 is 0.768 bits per heavy atom. The van der Waals surface area contributed by atoms with Gasteiger partial charge in [-0.2, -0.15) is 9.29 Å². The van der Waals surface area contributed by atoms with Gasteiger partial charge >= 0.3 is 33.3 Å². The standard InChI is InChI=1S/C48H81N3O16P2/c1-3-5-7-9-11-13-14-15-16-18-20-24-29-33-44(54)65-40(36-62-43(53)32-28-25-21-23-27-31-39(52)30-26-22-19-17-12-10-8-6-4-2)37-63-68(58,59)67-69(60,61)64-38-41-45(55)46(56)47(66-41)51-35-34-42(49)50-48(51)57/h12,17,21-23,26-27,31,34-35,39-41,45-47,52,55-56H,3-11,13-16,18-20,24-25,28-30,32-33,36-38H2,1-2H3,(H,58,59)(H,60,61)(H2,49,50,57)/b17-12-,23-21+,26-22-,31-27-/t39?,40-,41-,45-,46-,47-/m1/s1. The summed E-state index contributed by atoms with van der Waals surface area (Å²) in [5, 5.41) is 31.1. The van der Waals surface area contributed by atoms with E-state index < -0.39 is 89.8 Å². The van der Waals surface area contributed by atoms with Crippen LogP contribution in [0.15, 0.2) is 65.7 Å². The average molecular weight is 1020 g/mol. The number of phosphoric ester groups is 2. The number of aliphatic hydroxyl groups is 3. The fourth-order valence-electron chi connectivity index (χ4n) is 7.09. The van der Waals surface area contributed by atoms with Gasteiger partial charge in [-0.3, -0.25) is 23.2 Å². The molecule has 0 aliphatic carbocycles. The molecule has 394 valence electrons. The van der Waals surface area contributed by atoms with Crippen LogP contribution in [0.3, 0.4) is 0 Å². The van der Waals surface area contributed by atoms with Crippen LogP contribution in [0.5, 0.6) is 0 Å². The molecule has 0 amide bonds. The van der Waals surface area contributed by atoms with Gasteiger partial charge in [0.05, 0.1) is 19.3 Å². The molecular weight excluding hydrogens is 936 g/mol. The van der Waals surface area contributed by atoms with Crippen LogP contribution < -0.4 is 11.4 Å². The molecule has 0 spiro atoms. The maximum absolute atomic E-state index is 12.8. The number of nitrogens with two attached hydrogens (primary N) is 1. The summed E-state index contributed by atoms with van der Waals surface area (Å²) in [5.74, 6) is -1.43. The predicted molar refractivity (Wildman–Crippen MR) is 262 cm³/mol. The second kappa shape index (κ2) is 36.6. The van der Waals surface area contributed by atoms with Crippen molar-refractivity contribution in [2.24, 2.45) is 0 Å². The van der Waals surface area contributed by atoms with Crippen molar-refractivity contribution < 1.29 is 71.4 Å². The zero-order chi connectivity index (χ0) is 50.8. The number of esters is 2. The molecule has 0 bridgehead atoms. The lowest BCUT2D eigenvalue weighted by Gasteiger charge is -2.21. The van der Waals surface area contributed by atoms with Gasteiger partial charge in [0.1, 0.15) is 30.7 Å². The maximum Gasteiger partial charge on any atom is 0.481 e. The summed E-state index contributed by atoms with van der Waals surface area (Å²) in [7, 11) is -10.9. The summed E-state index contributed by atoms with van der Waals surface area (Å²) < 4.78 is 56.6. The molecule has 0 saturated carbocycles. The lowest BCUT2D eigenvalue weighted by atomic mass is 10.0. The van der Waals surface area contributed by atoms with Crippen LogP contribution in [0.1, 0.15) is 168 Å². The molecule has 1 saturated heterocycles. The molecule has 2 heterocycles. The molecule has 7 N–H and O–H groups in total. The molecule has 1 aliphatic heterocycles. The van der Waals surface area contributed by atoms with Crippen molar-refractivity contribution in [3.8, 4) is 0 Å². The third-order valence-corrected chi connectivity index (χ3v) is 13.6. The minimum Gasteiger partial charge on any atom is -0.462 e. The molecule has 1 aliphatic rings. The summed E-state index contributed by atoms with van der Waals surface area (Å²) in [4.78, 5) is 61.8. The van der Waals surface area contributed by atoms with Crippen molar-refractivity contribution in [3.63, 3.8) is 0 Å². The number of ether oxygens (including phenoxy) is 3. The topological polar surface area (TPSA) is 286 Å². The summed E-state index contributed by atoms with van der Waals surface area (Å²) in [6.45, 7) is 1.98. The molecule has 0 radical (unpaired) electrons. The minimum absolute atomic E-state index is 0.00751. The lowest BCUT2D eigenvalue weighted by molar-refractivity contribution is -0.161. The second-order valence-corrected chi connectivity index (χ2v) is 20.2. The molecule has 8 atom stereocenters. The van der Waals surface area contributed by atoms with Gasteiger partial charge in [-0.25, -0.2) is 13.9 Å². The Kier molecular flexibility index (Phi) is 32.8. The highest BCUT2D eigenvalue weighted by Gasteiger charge is 2.46. The highest BCUT2D eigenvalue weighted by Crippen LogP contribution is 2.60. The largest absolute Gasteiger partial charge is 0.481 e. The second-order valence-electron chi connectivity index (χ2n) is 17.2. The smallest absolute Gasteiger partial charge is 0.462 e. The summed E-state index contributed by atoms with van der Waals surface area (Å²) in [6.07, 6.45) is 29.4. The van der Waals surface area contributed by atoms with Crippen molar-refractivity contribution in [2.45, 2.75) is 198 Å². The number of carbonyl (C=O) groups is 2. The average Bonchev–Trinajstić information content (AvgIpc) is 3.58. The maximum atomic E-state index is 12.8. The fourth-order valence-corrected chi connectivity index (χ4v) is 9.20. The first-order valence-electron chi connectivity index (χ1n) is 24.8. The lowest BCUT2D eigenvalue weighted by Crippen LogP contribution is -2.36. The van der Waals surface area contributed by atoms with E-state index in [0.29, 0.717) is 25.7 Å². The van der Waals surface area contributed by atoms with Crippen LogP contribution in [0.25, 0.3) is 0 Å². The van der Waals surface area contributed by atoms with E-state index in [0.717, 1.165) is 49.3 Å². The number of anilines is 1. The Labute approximate surface area is 408 Å². The quantitative estimate of drug-likeness (QED) is 0.0118. The first-order valence-corrected chi connectivity index (χ1v) is 27.7. The van der Waals surface area contributed by atoms with Crippen LogP contribution in [0.4, 0.5) is 5.82 Å². The van der Waals surface area contributed by atoms with Gasteiger partial charge in [0.2, 0.25) is 0 Å². The third kappa shape index (κ3) is 29.6. The van der Waals surface area contributed by atoms with Gasteiger partial charge in [-0.15, -0.1) is 0 Å². The molecule has 69 heavy (non-hydrogen) atoms. The van der Waals surface area contributed by atoms with Crippen LogP contribution >= 0.6 is 15.6 Å². The van der Waals surface area contributed by atoms with Crippen molar-refractivity contribution in [1.29, 1.82) is 0 Å². The molecule has 3 unspecified atom stereocenters. The zero-order valence-electron chi connectivity index (χ0n) is 40.7. The van der Waals surface area contributed by atoms with Crippen LogP contribution in [-0.4, -0.2) is 96.9 Å². The number of hydrogen-bond donors (Lipinski definition) is 6. The molecule has 1 aromatic rings. The van der Waals surface area contributed by atoms with Crippen LogP contribution in [-0.2, 0) is 46.3 Å². The van der Waals surface area contributed by atoms with Gasteiger partial charge in [0.15, 0.2) is 12.3 Å². The zero-order valence-corrected chi connectivity index (χ0v) is 42.5. The molecule has 19 nitrogen and oxygen atoms in total. The van der Waals surface area contributed by atoms with E-state index in [4.69, 9.17) is 29.0 Å². The van der Waals surface area contributed by atoms with E-state index in [2.05, 4.69) is 35.3 Å². The minimum atomic E-state index is -5.45. The number of aliphatic hydroxyl groups excluding tert-OH is 3. The Hall–Kier alpha value is -3.32. The van der Waals surface area contributed by atoms with E-state index in [-0.39, 0.29) is 18.7 Å². The number of nitrogens with zero attached hydrogens (tertiary/aromatic N) is 2. The van der Waals surface area contributed by atoms with E-state index in [1.54, 1.807) is 18.2 Å². The molecule has 1 fully saturated rings. The summed E-state index contributed by atoms with van der Waals surface area (Å²) in [5.41, 5.74) is 4.57. The number of aromatic nitrogens is 2. The van der Waals surface area contributed by atoms with Crippen molar-refractivity contribution >= 4 is 33.4 Å². The predicted octanol–water partition coefficient (Wildman–Crippen LogP) is 8.75. The monoisotopic (exact) mass is 1020 g/mol. The molecule has 1 aromatic heterocycles. The van der Waals surface area contributed by atoms with Crippen molar-refractivity contribution in [3.05, 3.63) is 71.4 Å². The van der Waals surface area contributed by atoms with Gasteiger partial charge in [-0.1, -0.05) is 152 Å². The SMILES string of the molecule is CCCCC/C=C\C/C=C\CC(O)/C=C\C=C\CCCC(=O)OC[C@H](COP(=O)(O)OP(=O)(O)OC[C@H]1O[C@@H](n2ccc(N)nc2=O)[C@H](O)[C@@H]1O)OC(=O)CCCCCCCCCCCCCCC. The van der Waals surface area contributed by atoms with Crippen molar-refractivity contribution in [2.75, 3.05) is 25.6 Å². The molecule has 21 heteroatoms. The number of hydrogen-bond acceptors (Lipinski definition) is 16. The van der Waals surface area contributed by atoms with E-state index in [9.17, 15) is 48.6 Å². The Morgan fingerprint density at radius 2 is 1.36 bits per heavy atom. The van der Waals surface area contributed by atoms with Gasteiger partial charge in [0.25, 0.3) is 0 Å². The normalized spacial score (nSPS) is 20.2. The van der Waals surface area contributed by atoms with E-state index in [1.807, 2.05) is 18.2 Å². The van der Waals surface area contributed by atoms with Crippen LogP contribution in [0.2, 0.25) is 0 Å². The highest BCUT2D eigenvalue weighted by atomic mass is 31.3. The number of carbonyl (C=O) groups excluding carboxylic acids is 2. The fraction of sp³-hybridized carbons (Fsp3) is 0.708. The molecular formula is C48H81N3O16P2. The van der Waals surface area contributed by atoms with Gasteiger partial charge in [0, 0.05) is 19.0 Å². The first kappa shape index (κ1) is 61.8. The summed E-state index contributed by atoms with van der Waals surface area (Å²) in [6, 6.07) is 1.24. The number of allylic oxidation sites excluding steroid dienone is 6. The van der Waals surface area contributed by atoms with Crippen molar-refractivity contribution in [1.82, 2.24) is 9.55 Å². The van der Waals surface area contributed by atoms with Gasteiger partial charge in [-0.05, 0) is 51.0 Å². The molecule has 0 aromatic carbocycles. The van der Waals surface area contributed by atoms with E-state index in [1.165, 1.54) is 76.7 Å². The third-order valence-electron chi connectivity index (χ3n) is 11.0.